The normalized spacial score (nSPS) is 22.0. The molecule has 2 aromatic carbocycles. The zero-order chi connectivity index (χ0) is 39.9. The fourth-order valence-electron chi connectivity index (χ4n) is 6.73. The number of piperazine rings is 2. The lowest BCUT2D eigenvalue weighted by Crippen LogP contribution is -2.59. The maximum absolute atomic E-state index is 13.4. The van der Waals surface area contributed by atoms with Crippen molar-refractivity contribution in [1.29, 1.82) is 0 Å². The molecule has 0 saturated carbocycles. The van der Waals surface area contributed by atoms with E-state index in [9.17, 15) is 16.8 Å². The average molecular weight is 864 g/mol. The fourth-order valence-corrected chi connectivity index (χ4v) is 10.5. The van der Waals surface area contributed by atoms with Crippen LogP contribution in [0.2, 0.25) is 10.0 Å². The zero-order valence-electron chi connectivity index (χ0n) is 31.9. The number of nitrogens with one attached hydrogen (secondary N) is 1. The van der Waals surface area contributed by atoms with Crippen LogP contribution in [0.1, 0.15) is 53.3 Å². The molecule has 4 aliphatic heterocycles. The highest BCUT2D eigenvalue weighted by atomic mass is 35.7. The lowest BCUT2D eigenvalue weighted by molar-refractivity contribution is -0.0304. The predicted octanol–water partition coefficient (Wildman–Crippen LogP) is 5.48. The highest BCUT2D eigenvalue weighted by molar-refractivity contribution is 8.14. The average Bonchev–Trinajstić information content (AvgIpc) is 3.77. The second-order valence-corrected chi connectivity index (χ2v) is 21.2. The molecule has 4 fully saturated rings. The van der Waals surface area contributed by atoms with Crippen molar-refractivity contribution >= 4 is 75.2 Å². The predicted molar refractivity (Wildman–Crippen MR) is 212 cm³/mol. The summed E-state index contributed by atoms with van der Waals surface area (Å²) in [6.45, 7) is 21.7. The highest BCUT2D eigenvalue weighted by Crippen LogP contribution is 2.37. The lowest BCUT2D eigenvalue weighted by atomic mass is 9.97. The molecule has 0 radical (unpaired) electrons. The Kier molecular flexibility index (Phi) is 12.9. The molecule has 0 amide bonds. The molecule has 0 bridgehead atoms. The molecule has 304 valence electrons. The number of benzene rings is 2. The number of fused-ring (bicyclic) bond motifs is 4. The van der Waals surface area contributed by atoms with Crippen LogP contribution in [0, 0.1) is 0 Å². The van der Waals surface area contributed by atoms with Crippen molar-refractivity contribution in [3.8, 4) is 0 Å². The summed E-state index contributed by atoms with van der Waals surface area (Å²) in [6.07, 6.45) is 0. The molecule has 4 aromatic rings. The molecule has 14 nitrogen and oxygen atoms in total. The molecule has 6 heterocycles. The smallest absolute Gasteiger partial charge is 0.266 e. The molecule has 55 heavy (non-hydrogen) atoms. The molecule has 0 aliphatic carbocycles. The number of hydrogen-bond acceptors (Lipinski definition) is 13. The Morgan fingerprint density at radius 2 is 1.22 bits per heavy atom. The van der Waals surface area contributed by atoms with Gasteiger partial charge in [0, 0.05) is 86.0 Å². The first-order valence-electron chi connectivity index (χ1n) is 18.2. The number of sulfonamides is 1. The first-order valence-corrected chi connectivity index (χ1v) is 22.7. The molecular formula is C36H49Cl3N6O8S2. The van der Waals surface area contributed by atoms with Gasteiger partial charge in [-0.2, -0.15) is 4.31 Å². The van der Waals surface area contributed by atoms with Gasteiger partial charge in [0.15, 0.2) is 11.2 Å². The number of ether oxygens (including phenoxy) is 2. The van der Waals surface area contributed by atoms with E-state index in [1.807, 2.05) is 41.5 Å². The van der Waals surface area contributed by atoms with Crippen LogP contribution in [-0.2, 0) is 39.4 Å². The van der Waals surface area contributed by atoms with Gasteiger partial charge < -0.3 is 23.6 Å². The van der Waals surface area contributed by atoms with Gasteiger partial charge in [-0.15, -0.1) is 0 Å². The van der Waals surface area contributed by atoms with Gasteiger partial charge in [-0.05, 0) is 24.3 Å². The number of rotatable bonds is 3. The second kappa shape index (κ2) is 16.6. The van der Waals surface area contributed by atoms with E-state index >= 15 is 0 Å². The van der Waals surface area contributed by atoms with Crippen molar-refractivity contribution in [2.45, 2.75) is 74.2 Å². The molecule has 2 atom stereocenters. The number of halogens is 3. The monoisotopic (exact) mass is 862 g/mol. The van der Waals surface area contributed by atoms with Crippen LogP contribution in [0.25, 0.3) is 22.2 Å². The maximum Gasteiger partial charge on any atom is 0.266 e. The van der Waals surface area contributed by atoms with Gasteiger partial charge in [-0.3, -0.25) is 9.80 Å². The third-order valence-electron chi connectivity index (χ3n) is 9.76. The number of morpholine rings is 2. The molecule has 2 aromatic heterocycles. The first kappa shape index (κ1) is 42.5. The summed E-state index contributed by atoms with van der Waals surface area (Å²) in [5.74, 6) is 0.919. The van der Waals surface area contributed by atoms with Crippen molar-refractivity contribution in [3.63, 3.8) is 0 Å². The van der Waals surface area contributed by atoms with Gasteiger partial charge >= 0.3 is 0 Å². The number of aromatic nitrogens is 2. The molecule has 4 saturated heterocycles. The minimum atomic E-state index is -3.99. The SMILES string of the molecule is C1CN2CCOC[C@@H]2CN1.CC(C)(C)c1nc2ccc(Cl)c(S(=O)(=O)Cl)c2o1.CC(C)(C)c1nc2ccc(Cl)c(S(=O)(=O)N3CCN4CCOC[C@@H]4C3)c2o1. The van der Waals surface area contributed by atoms with Gasteiger partial charge in [0.2, 0.25) is 21.8 Å². The van der Waals surface area contributed by atoms with Crippen LogP contribution in [0.3, 0.4) is 0 Å². The van der Waals surface area contributed by atoms with Crippen LogP contribution in [-0.4, -0.2) is 132 Å². The maximum atomic E-state index is 13.4. The molecule has 1 N–H and O–H groups in total. The van der Waals surface area contributed by atoms with Crippen LogP contribution in [0.15, 0.2) is 42.9 Å². The van der Waals surface area contributed by atoms with E-state index in [0.29, 0.717) is 61.7 Å². The third kappa shape index (κ3) is 9.62. The molecule has 8 rings (SSSR count). The summed E-state index contributed by atoms with van der Waals surface area (Å²) in [5, 5.41) is 3.54. The fraction of sp³-hybridized carbons (Fsp3) is 0.611. The quantitative estimate of drug-likeness (QED) is 0.258. The summed E-state index contributed by atoms with van der Waals surface area (Å²) >= 11 is 12.2. The topological polar surface area (TPSA) is 161 Å². The van der Waals surface area contributed by atoms with Crippen molar-refractivity contribution < 1.29 is 35.1 Å². The standard InChI is InChI=1S/C18H24ClN3O4S.C11H11Cl2NO3S.C7H14N2O/c1-18(2,3)17-20-14-5-4-13(19)16(15(14)26-17)27(23,24)22-7-6-21-8-9-25-11-12(21)10-22;1-11(2,3)10-14-7-5-4-6(12)9(8(7)17-10)18(13,15)16;1-2-9-3-4-10-6-7(9)5-8-1/h4-5,12H,6-11H2,1-3H3;4-5H,1-3H3;7-8H,1-6H2/t12-;;7-/m0.0/s1. The van der Waals surface area contributed by atoms with Gasteiger partial charge in [0.1, 0.15) is 20.8 Å². The highest BCUT2D eigenvalue weighted by Gasteiger charge is 2.39. The Labute approximate surface area is 337 Å². The molecule has 19 heteroatoms. The third-order valence-corrected chi connectivity index (χ3v) is 13.9. The summed E-state index contributed by atoms with van der Waals surface area (Å²) in [6, 6.07) is 7.03. The van der Waals surface area contributed by atoms with Gasteiger partial charge in [-0.1, -0.05) is 64.7 Å². The van der Waals surface area contributed by atoms with E-state index < -0.39 is 19.1 Å². The van der Waals surface area contributed by atoms with Crippen molar-refractivity contribution in [2.75, 3.05) is 78.8 Å². The van der Waals surface area contributed by atoms with E-state index in [-0.39, 0.29) is 47.9 Å². The molecular weight excluding hydrogens is 815 g/mol. The van der Waals surface area contributed by atoms with Crippen molar-refractivity contribution in [2.24, 2.45) is 0 Å². The van der Waals surface area contributed by atoms with E-state index in [0.717, 1.165) is 39.4 Å². The van der Waals surface area contributed by atoms with E-state index in [1.165, 1.54) is 16.9 Å². The van der Waals surface area contributed by atoms with E-state index in [4.69, 9.17) is 52.2 Å². The Bertz CT molecular complexity index is 2190. The van der Waals surface area contributed by atoms with Crippen LogP contribution in [0.4, 0.5) is 0 Å². The largest absolute Gasteiger partial charge is 0.439 e. The lowest BCUT2D eigenvalue weighted by Gasteiger charge is -2.43. The Hall–Kier alpha value is -2.09. The van der Waals surface area contributed by atoms with Crippen LogP contribution in [0.5, 0.6) is 0 Å². The van der Waals surface area contributed by atoms with Crippen LogP contribution >= 0.6 is 33.9 Å². The zero-order valence-corrected chi connectivity index (χ0v) is 35.8. The Morgan fingerprint density at radius 3 is 1.75 bits per heavy atom. The number of oxazole rings is 2. The Balaban J connectivity index is 0.000000157. The Morgan fingerprint density at radius 1 is 0.709 bits per heavy atom. The van der Waals surface area contributed by atoms with Crippen LogP contribution < -0.4 is 5.32 Å². The van der Waals surface area contributed by atoms with E-state index in [1.54, 1.807) is 18.2 Å². The summed E-state index contributed by atoms with van der Waals surface area (Å²) in [5.41, 5.74) is 0.583. The van der Waals surface area contributed by atoms with Crippen molar-refractivity contribution in [3.05, 3.63) is 46.1 Å². The second-order valence-electron chi connectivity index (χ2n) is 16.0. The molecule has 4 aliphatic rings. The summed E-state index contributed by atoms with van der Waals surface area (Å²) in [4.78, 5) is 13.3. The van der Waals surface area contributed by atoms with Gasteiger partial charge in [0.25, 0.3) is 9.05 Å². The number of hydrogen-bond donors (Lipinski definition) is 1. The summed E-state index contributed by atoms with van der Waals surface area (Å²) in [7, 11) is -2.44. The summed E-state index contributed by atoms with van der Waals surface area (Å²) < 4.78 is 73.7. The molecule has 0 unspecified atom stereocenters. The number of nitrogens with zero attached hydrogens (tertiary/aromatic N) is 5. The van der Waals surface area contributed by atoms with Crippen molar-refractivity contribution in [1.82, 2.24) is 29.4 Å². The van der Waals surface area contributed by atoms with Gasteiger partial charge in [0.05, 0.1) is 36.5 Å². The first-order chi connectivity index (χ1) is 25.7. The van der Waals surface area contributed by atoms with E-state index in [2.05, 4.69) is 25.1 Å². The minimum absolute atomic E-state index is 0.00912. The molecule has 0 spiro atoms. The minimum Gasteiger partial charge on any atom is -0.439 e. The van der Waals surface area contributed by atoms with Gasteiger partial charge in [-0.25, -0.2) is 26.8 Å².